The monoisotopic (exact) mass is 377 g/mol. The van der Waals surface area contributed by atoms with Crippen molar-refractivity contribution in [2.45, 2.75) is 25.2 Å². The average Bonchev–Trinajstić information content (AvgIpc) is 2.55. The van der Waals surface area contributed by atoms with Gasteiger partial charge in [-0.25, -0.2) is 4.79 Å². The van der Waals surface area contributed by atoms with Crippen molar-refractivity contribution in [3.8, 4) is 0 Å². The second-order valence-corrected chi connectivity index (χ2v) is 6.85. The second-order valence-electron chi connectivity index (χ2n) is 6.07. The van der Waals surface area contributed by atoms with E-state index in [2.05, 4.69) is 15.3 Å². The first-order valence-electron chi connectivity index (χ1n) is 7.81. The maximum Gasteiger partial charge on any atom is 0.327 e. The first kappa shape index (κ1) is 16.2. The van der Waals surface area contributed by atoms with Crippen molar-refractivity contribution in [2.24, 2.45) is 0 Å². The highest BCUT2D eigenvalue weighted by molar-refractivity contribution is 6.42. The first-order valence-corrected chi connectivity index (χ1v) is 8.56. The molecule has 0 unspecified atom stereocenters. The molecular weight excluding hydrogens is 365 g/mol. The third-order valence-corrected chi connectivity index (χ3v) is 5.41. The number of rotatable bonds is 1. The number of anilines is 1. The molecule has 0 amide bonds. The lowest BCUT2D eigenvalue weighted by Crippen LogP contribution is -2.36. The van der Waals surface area contributed by atoms with Gasteiger partial charge in [0.1, 0.15) is 5.82 Å². The molecule has 2 aliphatic rings. The fraction of sp³-hybridized carbons (Fsp3) is 0.235. The van der Waals surface area contributed by atoms with Crippen LogP contribution >= 0.6 is 23.2 Å². The molecule has 0 spiro atoms. The summed E-state index contributed by atoms with van der Waals surface area (Å²) in [7, 11) is 0. The lowest BCUT2D eigenvalue weighted by atomic mass is 9.76. The van der Waals surface area contributed by atoms with E-state index in [1.807, 2.05) is 0 Å². The van der Waals surface area contributed by atoms with E-state index in [1.54, 1.807) is 18.2 Å². The molecule has 6 nitrogen and oxygen atoms in total. The summed E-state index contributed by atoms with van der Waals surface area (Å²) in [5.41, 5.74) is 0.886. The summed E-state index contributed by atoms with van der Waals surface area (Å²) in [5.74, 6) is -0.417. The van der Waals surface area contributed by atoms with Crippen LogP contribution in [0.4, 0.5) is 5.82 Å². The van der Waals surface area contributed by atoms with Gasteiger partial charge in [-0.2, -0.15) is 0 Å². The van der Waals surface area contributed by atoms with Crippen molar-refractivity contribution in [1.82, 2.24) is 9.97 Å². The highest BCUT2D eigenvalue weighted by atomic mass is 35.5. The molecule has 4 rings (SSSR count). The fourth-order valence-electron chi connectivity index (χ4n) is 3.55. The number of allylic oxidation sites excluding steroid dienone is 2. The van der Waals surface area contributed by atoms with Crippen molar-refractivity contribution in [1.29, 1.82) is 0 Å². The minimum Gasteiger partial charge on any atom is -0.344 e. The maximum atomic E-state index is 12.6. The summed E-state index contributed by atoms with van der Waals surface area (Å²) in [4.78, 5) is 41.7. The van der Waals surface area contributed by atoms with Gasteiger partial charge in [0.05, 0.1) is 15.6 Å². The number of ketones is 1. The number of carbonyl (C=O) groups excluding carboxylic acids is 1. The highest BCUT2D eigenvalue weighted by Crippen LogP contribution is 2.45. The van der Waals surface area contributed by atoms with E-state index >= 15 is 0 Å². The van der Waals surface area contributed by atoms with Crippen molar-refractivity contribution in [3.05, 3.63) is 71.5 Å². The molecule has 8 heteroatoms. The van der Waals surface area contributed by atoms with Crippen LogP contribution in [0.5, 0.6) is 0 Å². The largest absolute Gasteiger partial charge is 0.344 e. The maximum absolute atomic E-state index is 12.6. The van der Waals surface area contributed by atoms with Crippen molar-refractivity contribution >= 4 is 34.8 Å². The molecule has 2 heterocycles. The van der Waals surface area contributed by atoms with Gasteiger partial charge in [-0.15, -0.1) is 0 Å². The van der Waals surface area contributed by atoms with E-state index in [0.717, 1.165) is 0 Å². The van der Waals surface area contributed by atoms with Crippen LogP contribution in [-0.4, -0.2) is 15.8 Å². The molecule has 1 aliphatic heterocycles. The van der Waals surface area contributed by atoms with E-state index in [-0.39, 0.29) is 16.4 Å². The Morgan fingerprint density at radius 3 is 2.64 bits per heavy atom. The molecule has 1 aliphatic carbocycles. The SMILES string of the molecule is O=C1CCCC2=C1[C@H](c1cccc(Cl)c1Cl)c1c([nH]c(=O)[nH]c1=O)N2. The molecule has 25 heavy (non-hydrogen) atoms. The summed E-state index contributed by atoms with van der Waals surface area (Å²) in [6.45, 7) is 0. The molecule has 1 aromatic heterocycles. The molecule has 1 aromatic carbocycles. The number of hydrogen-bond donors (Lipinski definition) is 3. The number of hydrogen-bond acceptors (Lipinski definition) is 4. The van der Waals surface area contributed by atoms with Crippen LogP contribution in [0.15, 0.2) is 39.1 Å². The van der Waals surface area contributed by atoms with Crippen LogP contribution in [0.2, 0.25) is 10.0 Å². The Morgan fingerprint density at radius 2 is 1.84 bits per heavy atom. The number of fused-ring (bicyclic) bond motifs is 1. The molecule has 1 atom stereocenters. The molecule has 0 saturated heterocycles. The van der Waals surface area contributed by atoms with Crippen LogP contribution in [0.1, 0.15) is 36.3 Å². The Morgan fingerprint density at radius 1 is 1.04 bits per heavy atom. The van der Waals surface area contributed by atoms with E-state index in [4.69, 9.17) is 23.2 Å². The van der Waals surface area contributed by atoms with Crippen LogP contribution < -0.4 is 16.6 Å². The number of aromatic nitrogens is 2. The summed E-state index contributed by atoms with van der Waals surface area (Å²) < 4.78 is 0. The van der Waals surface area contributed by atoms with Crippen LogP contribution in [0.25, 0.3) is 0 Å². The zero-order chi connectivity index (χ0) is 17.7. The predicted octanol–water partition coefficient (Wildman–Crippen LogP) is 2.93. The molecular formula is C17H13Cl2N3O3. The van der Waals surface area contributed by atoms with Crippen LogP contribution in [0.3, 0.4) is 0 Å². The second kappa shape index (κ2) is 5.89. The van der Waals surface area contributed by atoms with Gasteiger partial charge in [-0.05, 0) is 24.5 Å². The van der Waals surface area contributed by atoms with Crippen LogP contribution in [0, 0.1) is 0 Å². The number of benzene rings is 1. The summed E-state index contributed by atoms with van der Waals surface area (Å²) >= 11 is 12.5. The quantitative estimate of drug-likeness (QED) is 0.711. The third kappa shape index (κ3) is 2.53. The standard InChI is InChI=1S/C17H13Cl2N3O3/c18-8-4-1-3-7(14(8)19)11-12-9(5-2-6-10(12)23)20-15-13(11)16(24)22-17(25)21-15/h1,3-4,11H,2,5-6H2,(H3,20,21,22,24,25)/t11-/m0/s1. The lowest BCUT2D eigenvalue weighted by molar-refractivity contribution is -0.116. The van der Waals surface area contributed by atoms with Gasteiger partial charge in [0, 0.05) is 23.6 Å². The number of halogens is 2. The third-order valence-electron chi connectivity index (χ3n) is 4.58. The molecule has 0 saturated carbocycles. The van der Waals surface area contributed by atoms with Gasteiger partial charge in [0.2, 0.25) is 0 Å². The predicted molar refractivity (Wildman–Crippen MR) is 95.5 cm³/mol. The minimum absolute atomic E-state index is 0.0361. The average molecular weight is 378 g/mol. The summed E-state index contributed by atoms with van der Waals surface area (Å²) in [6, 6.07) is 5.11. The molecule has 2 aromatic rings. The smallest absolute Gasteiger partial charge is 0.327 e. The number of Topliss-reactive ketones (excluding diaryl/α,β-unsaturated/α-hetero) is 1. The Kier molecular flexibility index (Phi) is 3.81. The van der Waals surface area contributed by atoms with Crippen molar-refractivity contribution in [3.63, 3.8) is 0 Å². The van der Waals surface area contributed by atoms with Crippen molar-refractivity contribution in [2.75, 3.05) is 5.32 Å². The molecule has 0 fully saturated rings. The topological polar surface area (TPSA) is 94.8 Å². The van der Waals surface area contributed by atoms with Gasteiger partial charge < -0.3 is 5.32 Å². The number of nitrogens with one attached hydrogen (secondary N) is 3. The van der Waals surface area contributed by atoms with Gasteiger partial charge in [-0.3, -0.25) is 19.6 Å². The number of carbonyl (C=O) groups is 1. The normalized spacial score (nSPS) is 19.3. The van der Waals surface area contributed by atoms with Gasteiger partial charge >= 0.3 is 5.69 Å². The van der Waals surface area contributed by atoms with E-state index in [0.29, 0.717) is 46.9 Å². The summed E-state index contributed by atoms with van der Waals surface area (Å²) in [6.07, 6.45) is 1.78. The molecule has 3 N–H and O–H groups in total. The first-order chi connectivity index (χ1) is 12.0. The zero-order valence-corrected chi connectivity index (χ0v) is 14.4. The Labute approximate surface area is 151 Å². The number of H-pyrrole nitrogens is 2. The fourth-order valence-corrected chi connectivity index (χ4v) is 3.97. The van der Waals surface area contributed by atoms with E-state index < -0.39 is 17.2 Å². The van der Waals surface area contributed by atoms with Gasteiger partial charge in [-0.1, -0.05) is 35.3 Å². The molecule has 128 valence electrons. The van der Waals surface area contributed by atoms with Gasteiger partial charge in [0.25, 0.3) is 5.56 Å². The van der Waals surface area contributed by atoms with Crippen molar-refractivity contribution < 1.29 is 4.79 Å². The highest BCUT2D eigenvalue weighted by Gasteiger charge is 2.38. The lowest BCUT2D eigenvalue weighted by Gasteiger charge is -2.33. The number of aromatic amines is 2. The van der Waals surface area contributed by atoms with Gasteiger partial charge in [0.15, 0.2) is 5.78 Å². The zero-order valence-electron chi connectivity index (χ0n) is 12.9. The Hall–Kier alpha value is -2.31. The molecule has 0 radical (unpaired) electrons. The Bertz CT molecular complexity index is 1050. The summed E-state index contributed by atoms with van der Waals surface area (Å²) in [5, 5.41) is 3.68. The van der Waals surface area contributed by atoms with Crippen LogP contribution in [-0.2, 0) is 4.79 Å². The minimum atomic E-state index is -0.675. The van der Waals surface area contributed by atoms with E-state index in [9.17, 15) is 14.4 Å². The van der Waals surface area contributed by atoms with E-state index in [1.165, 1.54) is 0 Å². The molecule has 0 bridgehead atoms. The Balaban J connectivity index is 2.07.